The molecule has 1 saturated heterocycles. The normalized spacial score (nSPS) is 15.7. The maximum absolute atomic E-state index is 4.57. The SMILES string of the molecule is Cc1cc(C)nc(N2CCN(c3cc(C(C)(C)C)ncn3)CC2)n1. The topological polar surface area (TPSA) is 58.0 Å². The lowest BCUT2D eigenvalue weighted by molar-refractivity contribution is 0.564. The molecule has 0 radical (unpaired) electrons. The first-order valence-corrected chi connectivity index (χ1v) is 8.47. The second kappa shape index (κ2) is 6.34. The fourth-order valence-electron chi connectivity index (χ4n) is 2.91. The number of nitrogens with zero attached hydrogens (tertiary/aromatic N) is 6. The van der Waals surface area contributed by atoms with E-state index in [-0.39, 0.29) is 5.41 Å². The van der Waals surface area contributed by atoms with Gasteiger partial charge in [0.1, 0.15) is 12.1 Å². The molecule has 1 aliphatic heterocycles. The van der Waals surface area contributed by atoms with Crippen molar-refractivity contribution in [3.05, 3.63) is 35.5 Å². The van der Waals surface area contributed by atoms with E-state index in [1.54, 1.807) is 6.33 Å². The van der Waals surface area contributed by atoms with Gasteiger partial charge in [-0.1, -0.05) is 20.8 Å². The summed E-state index contributed by atoms with van der Waals surface area (Å²) in [6.45, 7) is 14.2. The van der Waals surface area contributed by atoms with Crippen molar-refractivity contribution in [3.8, 4) is 0 Å². The number of hydrogen-bond acceptors (Lipinski definition) is 6. The van der Waals surface area contributed by atoms with Gasteiger partial charge in [0, 0.05) is 49.0 Å². The molecule has 0 amide bonds. The Hall–Kier alpha value is -2.24. The van der Waals surface area contributed by atoms with Gasteiger partial charge < -0.3 is 9.80 Å². The summed E-state index contributed by atoms with van der Waals surface area (Å²) >= 11 is 0. The van der Waals surface area contributed by atoms with Gasteiger partial charge >= 0.3 is 0 Å². The molecular weight excluding hydrogens is 300 g/mol. The number of aryl methyl sites for hydroxylation is 2. The summed E-state index contributed by atoms with van der Waals surface area (Å²) < 4.78 is 0. The van der Waals surface area contributed by atoms with Crippen LogP contribution in [0.15, 0.2) is 18.5 Å². The van der Waals surface area contributed by atoms with Crippen LogP contribution in [0.4, 0.5) is 11.8 Å². The van der Waals surface area contributed by atoms with E-state index in [2.05, 4.69) is 56.6 Å². The number of anilines is 2. The van der Waals surface area contributed by atoms with Crippen molar-refractivity contribution in [1.82, 2.24) is 19.9 Å². The molecule has 0 bridgehead atoms. The van der Waals surface area contributed by atoms with Gasteiger partial charge in [-0.05, 0) is 19.9 Å². The second-order valence-corrected chi connectivity index (χ2v) is 7.44. The third kappa shape index (κ3) is 3.63. The van der Waals surface area contributed by atoms with Crippen molar-refractivity contribution in [1.29, 1.82) is 0 Å². The lowest BCUT2D eigenvalue weighted by Crippen LogP contribution is -2.47. The Morgan fingerprint density at radius 2 is 1.42 bits per heavy atom. The molecule has 3 rings (SSSR count). The summed E-state index contributed by atoms with van der Waals surface area (Å²) in [5, 5.41) is 0. The van der Waals surface area contributed by atoms with E-state index in [9.17, 15) is 0 Å². The number of hydrogen-bond donors (Lipinski definition) is 0. The van der Waals surface area contributed by atoms with E-state index in [0.717, 1.165) is 55.0 Å². The lowest BCUT2D eigenvalue weighted by atomic mass is 9.92. The van der Waals surface area contributed by atoms with Gasteiger partial charge in [-0.2, -0.15) is 0 Å². The quantitative estimate of drug-likeness (QED) is 0.845. The minimum absolute atomic E-state index is 0.0342. The van der Waals surface area contributed by atoms with Crippen LogP contribution in [-0.2, 0) is 5.41 Å². The smallest absolute Gasteiger partial charge is 0.225 e. The van der Waals surface area contributed by atoms with Crippen molar-refractivity contribution in [2.75, 3.05) is 36.0 Å². The maximum Gasteiger partial charge on any atom is 0.225 e. The van der Waals surface area contributed by atoms with Crippen molar-refractivity contribution in [2.24, 2.45) is 0 Å². The minimum atomic E-state index is 0.0342. The monoisotopic (exact) mass is 326 g/mol. The van der Waals surface area contributed by atoms with Crippen molar-refractivity contribution in [2.45, 2.75) is 40.0 Å². The molecule has 0 aromatic carbocycles. The fraction of sp³-hybridized carbons (Fsp3) is 0.556. The van der Waals surface area contributed by atoms with Gasteiger partial charge in [0.2, 0.25) is 5.95 Å². The van der Waals surface area contributed by atoms with Gasteiger partial charge in [0.05, 0.1) is 5.69 Å². The number of aromatic nitrogens is 4. The molecule has 0 saturated carbocycles. The molecule has 2 aromatic heterocycles. The standard InChI is InChI=1S/C18H26N6/c1-13-10-14(2)22-17(21-13)24-8-6-23(7-9-24)16-11-15(18(3,4)5)19-12-20-16/h10-12H,6-9H2,1-5H3. The molecule has 0 unspecified atom stereocenters. The Morgan fingerprint density at radius 3 is 2.00 bits per heavy atom. The van der Waals surface area contributed by atoms with Gasteiger partial charge in [0.25, 0.3) is 0 Å². The van der Waals surface area contributed by atoms with Crippen LogP contribution in [0.5, 0.6) is 0 Å². The van der Waals surface area contributed by atoms with E-state index in [1.807, 2.05) is 19.9 Å². The van der Waals surface area contributed by atoms with Crippen LogP contribution in [0, 0.1) is 13.8 Å². The number of piperazine rings is 1. The summed E-state index contributed by atoms with van der Waals surface area (Å²) in [5.41, 5.74) is 3.15. The second-order valence-electron chi connectivity index (χ2n) is 7.44. The van der Waals surface area contributed by atoms with Crippen LogP contribution in [0.3, 0.4) is 0 Å². The van der Waals surface area contributed by atoms with Gasteiger partial charge in [0.15, 0.2) is 0 Å². The summed E-state index contributed by atoms with van der Waals surface area (Å²) in [4.78, 5) is 22.6. The molecule has 24 heavy (non-hydrogen) atoms. The van der Waals surface area contributed by atoms with Gasteiger partial charge in [-0.15, -0.1) is 0 Å². The molecule has 1 aliphatic rings. The van der Waals surface area contributed by atoms with E-state index >= 15 is 0 Å². The predicted molar refractivity (Wildman–Crippen MR) is 96.7 cm³/mol. The Labute approximate surface area is 144 Å². The lowest BCUT2D eigenvalue weighted by Gasteiger charge is -2.35. The van der Waals surface area contributed by atoms with Gasteiger partial charge in [-0.3, -0.25) is 0 Å². The summed E-state index contributed by atoms with van der Waals surface area (Å²) in [6.07, 6.45) is 1.68. The fourth-order valence-corrected chi connectivity index (χ4v) is 2.91. The average Bonchev–Trinajstić information content (AvgIpc) is 2.53. The van der Waals surface area contributed by atoms with E-state index in [1.165, 1.54) is 0 Å². The molecule has 128 valence electrons. The molecule has 1 fully saturated rings. The van der Waals surface area contributed by atoms with E-state index in [0.29, 0.717) is 0 Å². The molecular formula is C18H26N6. The highest BCUT2D eigenvalue weighted by atomic mass is 15.3. The Balaban J connectivity index is 1.71. The van der Waals surface area contributed by atoms with Crippen molar-refractivity contribution < 1.29 is 0 Å². The van der Waals surface area contributed by atoms with Gasteiger partial charge in [-0.25, -0.2) is 19.9 Å². The van der Waals surface area contributed by atoms with Crippen LogP contribution in [0.2, 0.25) is 0 Å². The Morgan fingerprint density at radius 1 is 0.833 bits per heavy atom. The summed E-state index contributed by atoms with van der Waals surface area (Å²) in [6, 6.07) is 4.12. The summed E-state index contributed by atoms with van der Waals surface area (Å²) in [5.74, 6) is 1.85. The number of rotatable bonds is 2. The van der Waals surface area contributed by atoms with Crippen molar-refractivity contribution >= 4 is 11.8 Å². The van der Waals surface area contributed by atoms with E-state index in [4.69, 9.17) is 0 Å². The third-order valence-corrected chi connectivity index (χ3v) is 4.28. The first-order chi connectivity index (χ1) is 11.3. The molecule has 0 aliphatic carbocycles. The molecule has 0 spiro atoms. The molecule has 0 atom stereocenters. The highest BCUT2D eigenvalue weighted by molar-refractivity contribution is 5.44. The molecule has 3 heterocycles. The zero-order valence-corrected chi connectivity index (χ0v) is 15.2. The Bertz CT molecular complexity index is 693. The largest absolute Gasteiger partial charge is 0.353 e. The maximum atomic E-state index is 4.57. The van der Waals surface area contributed by atoms with Crippen LogP contribution < -0.4 is 9.80 Å². The first kappa shape index (κ1) is 16.6. The van der Waals surface area contributed by atoms with Crippen LogP contribution in [0.25, 0.3) is 0 Å². The Kier molecular flexibility index (Phi) is 4.39. The summed E-state index contributed by atoms with van der Waals surface area (Å²) in [7, 11) is 0. The third-order valence-electron chi connectivity index (χ3n) is 4.28. The van der Waals surface area contributed by atoms with Crippen LogP contribution >= 0.6 is 0 Å². The zero-order valence-electron chi connectivity index (χ0n) is 15.2. The minimum Gasteiger partial charge on any atom is -0.353 e. The average molecular weight is 326 g/mol. The molecule has 6 heteroatoms. The highest BCUT2D eigenvalue weighted by Gasteiger charge is 2.22. The van der Waals surface area contributed by atoms with E-state index < -0.39 is 0 Å². The van der Waals surface area contributed by atoms with Crippen LogP contribution in [-0.4, -0.2) is 46.1 Å². The van der Waals surface area contributed by atoms with Crippen molar-refractivity contribution in [3.63, 3.8) is 0 Å². The van der Waals surface area contributed by atoms with Crippen LogP contribution in [0.1, 0.15) is 37.9 Å². The zero-order chi connectivity index (χ0) is 17.3. The molecule has 0 N–H and O–H groups in total. The first-order valence-electron chi connectivity index (χ1n) is 8.47. The molecule has 2 aromatic rings. The predicted octanol–water partition coefficient (Wildman–Crippen LogP) is 2.51. The molecule has 6 nitrogen and oxygen atoms in total. The highest BCUT2D eigenvalue weighted by Crippen LogP contribution is 2.23.